The number of aromatic nitrogens is 3. The van der Waals surface area contributed by atoms with Crippen LogP contribution >= 0.6 is 0 Å². The minimum atomic E-state index is 0.674. The van der Waals surface area contributed by atoms with Crippen LogP contribution in [0.1, 0.15) is 0 Å². The van der Waals surface area contributed by atoms with Crippen LogP contribution in [0.3, 0.4) is 0 Å². The van der Waals surface area contributed by atoms with Gasteiger partial charge in [-0.25, -0.2) is 15.0 Å². The van der Waals surface area contributed by atoms with Crippen molar-refractivity contribution in [1.82, 2.24) is 19.9 Å². The number of ether oxygens (including phenoxy) is 2. The Balaban J connectivity index is 1.54. The van der Waals surface area contributed by atoms with Gasteiger partial charge < -0.3 is 14.8 Å². The maximum absolute atomic E-state index is 5.46. The first-order chi connectivity index (χ1) is 15.3. The number of anilines is 1. The largest absolute Gasteiger partial charge is 0.497 e. The van der Waals surface area contributed by atoms with Crippen LogP contribution in [0.25, 0.3) is 33.3 Å². The molecule has 1 aliphatic rings. The van der Waals surface area contributed by atoms with Gasteiger partial charge >= 0.3 is 0 Å². The van der Waals surface area contributed by atoms with Gasteiger partial charge in [0, 0.05) is 43.3 Å². The number of hydrogen-bond acceptors (Lipinski definition) is 7. The summed E-state index contributed by atoms with van der Waals surface area (Å²) >= 11 is 0. The predicted molar refractivity (Wildman–Crippen MR) is 123 cm³/mol. The van der Waals surface area contributed by atoms with Crippen molar-refractivity contribution in [2.75, 3.05) is 51.8 Å². The zero-order valence-corrected chi connectivity index (χ0v) is 17.5. The quantitative estimate of drug-likeness (QED) is 0.483. The summed E-state index contributed by atoms with van der Waals surface area (Å²) in [4.78, 5) is 16.6. The summed E-state index contributed by atoms with van der Waals surface area (Å²) in [5.74, 6) is 1.47. The number of benzene rings is 2. The zero-order chi connectivity index (χ0) is 21.0. The Bertz CT molecular complexity index is 1190. The lowest BCUT2D eigenvalue weighted by Gasteiger charge is -2.26. The van der Waals surface area contributed by atoms with Crippen molar-refractivity contribution in [3.05, 3.63) is 54.7 Å². The second kappa shape index (κ2) is 8.83. The molecule has 7 heteroatoms. The van der Waals surface area contributed by atoms with Gasteiger partial charge in [-0.1, -0.05) is 30.3 Å². The molecule has 0 unspecified atom stereocenters. The smallest absolute Gasteiger partial charge is 0.165 e. The maximum Gasteiger partial charge on any atom is 0.165 e. The molecule has 0 bridgehead atoms. The van der Waals surface area contributed by atoms with E-state index in [0.29, 0.717) is 11.5 Å². The van der Waals surface area contributed by atoms with Crippen molar-refractivity contribution in [2.45, 2.75) is 0 Å². The van der Waals surface area contributed by atoms with Crippen LogP contribution in [0.5, 0.6) is 5.75 Å². The van der Waals surface area contributed by atoms with Gasteiger partial charge in [-0.3, -0.25) is 4.90 Å². The highest BCUT2D eigenvalue weighted by Crippen LogP contribution is 2.33. The molecule has 7 nitrogen and oxygen atoms in total. The summed E-state index contributed by atoms with van der Waals surface area (Å²) in [7, 11) is 1.68. The molecule has 0 radical (unpaired) electrons. The number of rotatable bonds is 6. The second-order valence-corrected chi connectivity index (χ2v) is 7.55. The average molecular weight is 415 g/mol. The summed E-state index contributed by atoms with van der Waals surface area (Å²) in [5, 5.41) is 5.54. The first kappa shape index (κ1) is 19.7. The van der Waals surface area contributed by atoms with E-state index in [1.165, 1.54) is 0 Å². The van der Waals surface area contributed by atoms with E-state index < -0.39 is 0 Å². The number of morpholine rings is 1. The lowest BCUT2D eigenvalue weighted by atomic mass is 10.1. The average Bonchev–Trinajstić information content (AvgIpc) is 2.84. The van der Waals surface area contributed by atoms with E-state index in [9.17, 15) is 0 Å². The lowest BCUT2D eigenvalue weighted by Crippen LogP contribution is -2.39. The Morgan fingerprint density at radius 3 is 2.68 bits per heavy atom. The van der Waals surface area contributed by atoms with Gasteiger partial charge in [0.2, 0.25) is 0 Å². The minimum absolute atomic E-state index is 0.674. The number of nitrogens with zero attached hydrogens (tertiary/aromatic N) is 4. The molecule has 2 aromatic carbocycles. The maximum atomic E-state index is 5.46. The lowest BCUT2D eigenvalue weighted by molar-refractivity contribution is 0.0398. The third-order valence-corrected chi connectivity index (χ3v) is 5.60. The molecule has 2 aromatic heterocycles. The molecule has 1 saturated heterocycles. The highest BCUT2D eigenvalue weighted by molar-refractivity contribution is 6.06. The highest BCUT2D eigenvalue weighted by Gasteiger charge is 2.14. The van der Waals surface area contributed by atoms with Crippen molar-refractivity contribution in [1.29, 1.82) is 0 Å². The van der Waals surface area contributed by atoms with Crippen LogP contribution in [0.15, 0.2) is 54.7 Å². The molecule has 158 valence electrons. The third kappa shape index (κ3) is 4.15. The summed E-state index contributed by atoms with van der Waals surface area (Å²) < 4.78 is 10.9. The topological polar surface area (TPSA) is 72.4 Å². The molecule has 4 aromatic rings. The van der Waals surface area contributed by atoms with Crippen molar-refractivity contribution in [2.24, 2.45) is 0 Å². The third-order valence-electron chi connectivity index (χ3n) is 5.60. The summed E-state index contributed by atoms with van der Waals surface area (Å²) in [6.45, 7) is 5.30. The van der Waals surface area contributed by atoms with Crippen molar-refractivity contribution >= 4 is 27.6 Å². The van der Waals surface area contributed by atoms with Gasteiger partial charge in [-0.2, -0.15) is 0 Å². The van der Waals surface area contributed by atoms with Crippen LogP contribution in [-0.2, 0) is 4.74 Å². The molecule has 1 N–H and O–H groups in total. The van der Waals surface area contributed by atoms with Crippen LogP contribution in [0.2, 0.25) is 0 Å². The molecule has 0 amide bonds. The fourth-order valence-corrected chi connectivity index (χ4v) is 3.91. The van der Waals surface area contributed by atoms with Crippen LogP contribution < -0.4 is 10.1 Å². The van der Waals surface area contributed by atoms with Gasteiger partial charge in [-0.05, 0) is 18.2 Å². The van der Waals surface area contributed by atoms with Crippen LogP contribution in [0.4, 0.5) is 5.69 Å². The number of methoxy groups -OCH3 is 1. The van der Waals surface area contributed by atoms with Gasteiger partial charge in [0.25, 0.3) is 0 Å². The molecule has 0 atom stereocenters. The van der Waals surface area contributed by atoms with Gasteiger partial charge in [-0.15, -0.1) is 0 Å². The number of hydrogen-bond donors (Lipinski definition) is 1. The normalized spacial score (nSPS) is 14.7. The van der Waals surface area contributed by atoms with E-state index in [4.69, 9.17) is 19.4 Å². The minimum Gasteiger partial charge on any atom is -0.497 e. The van der Waals surface area contributed by atoms with Crippen molar-refractivity contribution in [3.63, 3.8) is 0 Å². The fourth-order valence-electron chi connectivity index (χ4n) is 3.91. The second-order valence-electron chi connectivity index (χ2n) is 7.55. The molecular weight excluding hydrogens is 390 g/mol. The number of pyridine rings is 1. The molecule has 3 heterocycles. The van der Waals surface area contributed by atoms with E-state index >= 15 is 0 Å². The molecule has 0 aliphatic carbocycles. The Kier molecular flexibility index (Phi) is 5.60. The molecule has 31 heavy (non-hydrogen) atoms. The molecule has 1 fully saturated rings. The van der Waals surface area contributed by atoms with Gasteiger partial charge in [0.1, 0.15) is 5.75 Å². The van der Waals surface area contributed by atoms with E-state index in [1.807, 2.05) is 54.7 Å². The van der Waals surface area contributed by atoms with Crippen LogP contribution in [-0.4, -0.2) is 66.4 Å². The molecule has 0 spiro atoms. The highest BCUT2D eigenvalue weighted by atomic mass is 16.5. The standard InChI is InChI=1S/C24H25N5O2/c1-30-18-7-8-21-19(15-18)22(25-9-10-29-11-13-31-14-12-29)20-16-26-23(28-24(20)27-21)17-5-3-2-4-6-17/h2-8,15-16H,9-14H2,1H3,(H,25,26,27,28). The zero-order valence-electron chi connectivity index (χ0n) is 17.5. The van der Waals surface area contributed by atoms with Crippen LogP contribution in [0, 0.1) is 0 Å². The monoisotopic (exact) mass is 415 g/mol. The summed E-state index contributed by atoms with van der Waals surface area (Å²) in [6.07, 6.45) is 1.87. The van der Waals surface area contributed by atoms with E-state index in [0.717, 1.165) is 72.7 Å². The Morgan fingerprint density at radius 1 is 1.03 bits per heavy atom. The SMILES string of the molecule is COc1ccc2nc3nc(-c4ccccc4)ncc3c(NCCN3CCOCC3)c2c1. The molecule has 5 rings (SSSR count). The Labute approximate surface area is 181 Å². The first-order valence-electron chi connectivity index (χ1n) is 10.6. The summed E-state index contributed by atoms with van der Waals surface area (Å²) in [6, 6.07) is 15.9. The Hall–Kier alpha value is -3.29. The fraction of sp³-hybridized carbons (Fsp3) is 0.292. The molecule has 0 saturated carbocycles. The number of fused-ring (bicyclic) bond motifs is 2. The van der Waals surface area contributed by atoms with E-state index in [2.05, 4.69) is 15.2 Å². The molecular formula is C24H25N5O2. The van der Waals surface area contributed by atoms with E-state index in [1.54, 1.807) is 7.11 Å². The van der Waals surface area contributed by atoms with Gasteiger partial charge in [0.05, 0.1) is 36.9 Å². The van der Waals surface area contributed by atoms with E-state index in [-0.39, 0.29) is 0 Å². The molecule has 1 aliphatic heterocycles. The van der Waals surface area contributed by atoms with Crippen molar-refractivity contribution in [3.8, 4) is 17.1 Å². The first-order valence-corrected chi connectivity index (χ1v) is 10.6. The predicted octanol–water partition coefficient (Wildman–Crippen LogP) is 3.60. The van der Waals surface area contributed by atoms with Crippen molar-refractivity contribution < 1.29 is 9.47 Å². The number of nitrogens with one attached hydrogen (secondary N) is 1. The Morgan fingerprint density at radius 2 is 1.87 bits per heavy atom. The van der Waals surface area contributed by atoms with Gasteiger partial charge in [0.15, 0.2) is 11.5 Å². The summed E-state index contributed by atoms with van der Waals surface area (Å²) in [5.41, 5.74) is 3.52.